The summed E-state index contributed by atoms with van der Waals surface area (Å²) in [7, 11) is 3.82. The van der Waals surface area contributed by atoms with Crippen molar-refractivity contribution in [2.45, 2.75) is 12.6 Å². The van der Waals surface area contributed by atoms with E-state index in [0.717, 1.165) is 29.0 Å². The maximum absolute atomic E-state index is 11.8. The molecular formula is C16H18N4O. The number of carbonyl (C=O) groups is 1. The smallest absolute Gasteiger partial charge is 0.246 e. The number of nitrogens with one attached hydrogen (secondary N) is 2. The van der Waals surface area contributed by atoms with E-state index in [0.29, 0.717) is 0 Å². The first-order valence-electron chi connectivity index (χ1n) is 6.91. The highest BCUT2D eigenvalue weighted by Crippen LogP contribution is 2.33. The first-order valence-corrected chi connectivity index (χ1v) is 6.91. The molecule has 1 aromatic carbocycles. The number of likely N-dealkylation sites (N-methyl/N-ethyl adjacent to an activating group) is 1. The van der Waals surface area contributed by atoms with E-state index in [9.17, 15) is 4.79 Å². The molecule has 1 aliphatic rings. The fourth-order valence-corrected chi connectivity index (χ4v) is 2.63. The first-order chi connectivity index (χ1) is 10.2. The van der Waals surface area contributed by atoms with Crippen molar-refractivity contribution in [2.75, 3.05) is 24.3 Å². The SMILES string of the molecule is CNC1C(=O)Nc2cc(N(C)Cc3cccnc3)ccc21. The minimum Gasteiger partial charge on any atom is -0.370 e. The van der Waals surface area contributed by atoms with Crippen molar-refractivity contribution in [3.63, 3.8) is 0 Å². The van der Waals surface area contributed by atoms with Crippen LogP contribution < -0.4 is 15.5 Å². The fraction of sp³-hybridized carbons (Fsp3) is 0.250. The van der Waals surface area contributed by atoms with Gasteiger partial charge in [-0.05, 0) is 30.8 Å². The largest absolute Gasteiger partial charge is 0.370 e. The molecule has 0 fully saturated rings. The third-order valence-electron chi connectivity index (χ3n) is 3.74. The van der Waals surface area contributed by atoms with Gasteiger partial charge < -0.3 is 15.5 Å². The summed E-state index contributed by atoms with van der Waals surface area (Å²) in [6.45, 7) is 0.774. The van der Waals surface area contributed by atoms with Gasteiger partial charge in [-0.1, -0.05) is 12.1 Å². The Labute approximate surface area is 124 Å². The maximum Gasteiger partial charge on any atom is 0.246 e. The van der Waals surface area contributed by atoms with Gasteiger partial charge in [0.1, 0.15) is 6.04 Å². The zero-order chi connectivity index (χ0) is 14.8. The Morgan fingerprint density at radius 3 is 2.95 bits per heavy atom. The Balaban J connectivity index is 1.82. The minimum absolute atomic E-state index is 0.000405. The van der Waals surface area contributed by atoms with E-state index in [1.165, 1.54) is 0 Å². The van der Waals surface area contributed by atoms with Crippen molar-refractivity contribution in [2.24, 2.45) is 0 Å². The predicted molar refractivity (Wildman–Crippen MR) is 83.2 cm³/mol. The summed E-state index contributed by atoms with van der Waals surface area (Å²) < 4.78 is 0. The highest BCUT2D eigenvalue weighted by Gasteiger charge is 2.29. The van der Waals surface area contributed by atoms with Gasteiger partial charge >= 0.3 is 0 Å². The number of anilines is 2. The minimum atomic E-state index is -0.252. The number of benzene rings is 1. The van der Waals surface area contributed by atoms with Crippen molar-refractivity contribution >= 4 is 17.3 Å². The number of amides is 1. The molecule has 1 aliphatic heterocycles. The van der Waals surface area contributed by atoms with Crippen molar-refractivity contribution in [1.29, 1.82) is 0 Å². The predicted octanol–water partition coefficient (Wildman–Crippen LogP) is 1.93. The lowest BCUT2D eigenvalue weighted by Crippen LogP contribution is -2.23. The summed E-state index contributed by atoms with van der Waals surface area (Å²) in [4.78, 5) is 18.1. The Kier molecular flexibility index (Phi) is 3.58. The Morgan fingerprint density at radius 1 is 1.38 bits per heavy atom. The molecule has 3 rings (SSSR count). The highest BCUT2D eigenvalue weighted by molar-refractivity contribution is 6.03. The molecule has 2 aromatic rings. The molecule has 108 valence electrons. The van der Waals surface area contributed by atoms with Crippen LogP contribution in [0.2, 0.25) is 0 Å². The molecule has 0 saturated carbocycles. The van der Waals surface area contributed by atoms with Gasteiger partial charge in [0.05, 0.1) is 0 Å². The lowest BCUT2D eigenvalue weighted by molar-refractivity contribution is -0.117. The molecule has 0 saturated heterocycles. The molecule has 0 bridgehead atoms. The van der Waals surface area contributed by atoms with E-state index >= 15 is 0 Å². The van der Waals surface area contributed by atoms with Crippen molar-refractivity contribution < 1.29 is 4.79 Å². The van der Waals surface area contributed by atoms with Gasteiger partial charge in [0.25, 0.3) is 0 Å². The van der Waals surface area contributed by atoms with Crippen LogP contribution in [0.25, 0.3) is 0 Å². The van der Waals surface area contributed by atoms with Crippen LogP contribution in [0.4, 0.5) is 11.4 Å². The van der Waals surface area contributed by atoms with Crippen LogP contribution in [-0.4, -0.2) is 25.0 Å². The van der Waals surface area contributed by atoms with Crippen LogP contribution in [0, 0.1) is 0 Å². The molecule has 2 heterocycles. The van der Waals surface area contributed by atoms with Crippen LogP contribution in [0.3, 0.4) is 0 Å². The molecule has 1 aromatic heterocycles. The van der Waals surface area contributed by atoms with Gasteiger partial charge in [0.15, 0.2) is 0 Å². The Hall–Kier alpha value is -2.40. The van der Waals surface area contributed by atoms with Crippen molar-refractivity contribution in [3.8, 4) is 0 Å². The summed E-state index contributed by atoms with van der Waals surface area (Å²) in [5.41, 5.74) is 4.10. The number of fused-ring (bicyclic) bond motifs is 1. The van der Waals surface area contributed by atoms with Crippen LogP contribution in [0.1, 0.15) is 17.2 Å². The molecule has 0 spiro atoms. The van der Waals surface area contributed by atoms with Gasteiger partial charge in [-0.2, -0.15) is 0 Å². The van der Waals surface area contributed by atoms with Gasteiger partial charge in [0.2, 0.25) is 5.91 Å². The second-order valence-electron chi connectivity index (χ2n) is 5.20. The van der Waals surface area contributed by atoms with Gasteiger partial charge in [-0.3, -0.25) is 9.78 Å². The zero-order valence-electron chi connectivity index (χ0n) is 12.1. The number of carbonyl (C=O) groups excluding carboxylic acids is 1. The van der Waals surface area contributed by atoms with Crippen LogP contribution >= 0.6 is 0 Å². The average molecular weight is 282 g/mol. The van der Waals surface area contributed by atoms with E-state index < -0.39 is 0 Å². The van der Waals surface area contributed by atoms with Gasteiger partial charge in [-0.15, -0.1) is 0 Å². The number of nitrogens with zero attached hydrogens (tertiary/aromatic N) is 2. The van der Waals surface area contributed by atoms with E-state index in [1.54, 1.807) is 13.2 Å². The fourth-order valence-electron chi connectivity index (χ4n) is 2.63. The molecule has 2 N–H and O–H groups in total. The van der Waals surface area contributed by atoms with Gasteiger partial charge in [0, 0.05) is 42.9 Å². The summed E-state index contributed by atoms with van der Waals surface area (Å²) >= 11 is 0. The lowest BCUT2D eigenvalue weighted by Gasteiger charge is -2.20. The van der Waals surface area contributed by atoms with Crippen LogP contribution in [0.15, 0.2) is 42.7 Å². The number of pyridine rings is 1. The lowest BCUT2D eigenvalue weighted by atomic mass is 10.1. The van der Waals surface area contributed by atoms with Crippen LogP contribution in [-0.2, 0) is 11.3 Å². The molecule has 1 amide bonds. The first kappa shape index (κ1) is 13.6. The van der Waals surface area contributed by atoms with Crippen LogP contribution in [0.5, 0.6) is 0 Å². The van der Waals surface area contributed by atoms with Gasteiger partial charge in [-0.25, -0.2) is 0 Å². The van der Waals surface area contributed by atoms with E-state index in [2.05, 4.69) is 26.6 Å². The third kappa shape index (κ3) is 2.60. The molecule has 1 unspecified atom stereocenters. The summed E-state index contributed by atoms with van der Waals surface area (Å²) in [5, 5.41) is 5.94. The summed E-state index contributed by atoms with van der Waals surface area (Å²) in [6, 6.07) is 9.79. The quantitative estimate of drug-likeness (QED) is 0.899. The Morgan fingerprint density at radius 2 is 2.24 bits per heavy atom. The maximum atomic E-state index is 11.8. The molecule has 5 nitrogen and oxygen atoms in total. The average Bonchev–Trinajstić information content (AvgIpc) is 2.82. The highest BCUT2D eigenvalue weighted by atomic mass is 16.2. The molecule has 21 heavy (non-hydrogen) atoms. The molecular weight excluding hydrogens is 264 g/mol. The number of hydrogen-bond donors (Lipinski definition) is 2. The molecule has 0 radical (unpaired) electrons. The standard InChI is InChI=1S/C16H18N4O/c1-17-15-13-6-5-12(8-14(13)19-16(15)21)20(2)10-11-4-3-7-18-9-11/h3-9,15,17H,10H2,1-2H3,(H,19,21). The monoisotopic (exact) mass is 282 g/mol. The molecule has 0 aliphatic carbocycles. The topological polar surface area (TPSA) is 57.3 Å². The number of aromatic nitrogens is 1. The third-order valence-corrected chi connectivity index (χ3v) is 3.74. The van der Waals surface area contributed by atoms with Crippen molar-refractivity contribution in [1.82, 2.24) is 10.3 Å². The molecule has 1 atom stereocenters. The van der Waals surface area contributed by atoms with E-state index in [-0.39, 0.29) is 11.9 Å². The zero-order valence-corrected chi connectivity index (χ0v) is 12.1. The number of rotatable bonds is 4. The normalized spacial score (nSPS) is 16.5. The molecule has 5 heteroatoms. The number of hydrogen-bond acceptors (Lipinski definition) is 4. The summed E-state index contributed by atoms with van der Waals surface area (Å²) in [6.07, 6.45) is 3.63. The second-order valence-corrected chi connectivity index (χ2v) is 5.20. The summed E-state index contributed by atoms with van der Waals surface area (Å²) in [5.74, 6) is -0.000405. The Bertz CT molecular complexity index is 657. The second kappa shape index (κ2) is 5.54. The van der Waals surface area contributed by atoms with E-state index in [4.69, 9.17) is 0 Å². The van der Waals surface area contributed by atoms with E-state index in [1.807, 2.05) is 37.5 Å². The van der Waals surface area contributed by atoms with Crippen molar-refractivity contribution in [3.05, 3.63) is 53.9 Å².